The van der Waals surface area contributed by atoms with E-state index in [1.165, 1.54) is 18.6 Å². The number of carbonyl (C=O) groups is 2. The number of anilines is 1. The quantitative estimate of drug-likeness (QED) is 0.143. The Morgan fingerprint density at radius 2 is 1.96 bits per heavy atom. The van der Waals surface area contributed by atoms with Gasteiger partial charge >= 0.3 is 25.9 Å². The van der Waals surface area contributed by atoms with E-state index < -0.39 is 74.2 Å². The molecule has 16 nitrogen and oxygen atoms in total. The van der Waals surface area contributed by atoms with E-state index >= 15 is 4.39 Å². The molecule has 1 aromatic carbocycles. The van der Waals surface area contributed by atoms with Crippen molar-refractivity contribution in [3.63, 3.8) is 0 Å². The maximum absolute atomic E-state index is 16.4. The second kappa shape index (κ2) is 14.8. The number of imidazole rings is 1. The molecule has 1 aliphatic heterocycles. The minimum absolute atomic E-state index is 0.000338. The Kier molecular flexibility index (Phi) is 11.1. The summed E-state index contributed by atoms with van der Waals surface area (Å²) in [5.41, 5.74) is 2.57. The lowest BCUT2D eigenvalue weighted by Crippen LogP contribution is -2.48. The number of alkyl halides is 1. The first-order valence-electron chi connectivity index (χ1n) is 14.2. The zero-order valence-corrected chi connectivity index (χ0v) is 26.3. The van der Waals surface area contributed by atoms with Crippen molar-refractivity contribution in [3.05, 3.63) is 75.6 Å². The van der Waals surface area contributed by atoms with E-state index in [2.05, 4.69) is 15.3 Å². The van der Waals surface area contributed by atoms with Gasteiger partial charge in [0.25, 0.3) is 5.56 Å². The summed E-state index contributed by atoms with van der Waals surface area (Å²) in [6.07, 6.45) is -1.25. The number of nitrogens with zero attached hydrogens (tertiary/aromatic N) is 2. The Morgan fingerprint density at radius 1 is 1.22 bits per heavy atom. The molecule has 2 aromatic heterocycles. The molecule has 3 aromatic rings. The number of ether oxygens (including phenoxy) is 3. The number of nitrogens with one attached hydrogen (secondary N) is 3. The second-order valence-electron chi connectivity index (χ2n) is 10.9. The number of aromatic amines is 2. The molecule has 1 unspecified atom stereocenters. The molecule has 5 N–H and O–H groups in total. The summed E-state index contributed by atoms with van der Waals surface area (Å²) in [6.45, 7) is 5.42. The number of nitrogens with two attached hydrogens (primary N) is 1. The third-order valence-corrected chi connectivity index (χ3v) is 7.51. The molecule has 1 fully saturated rings. The van der Waals surface area contributed by atoms with Crippen LogP contribution >= 0.6 is 8.25 Å². The van der Waals surface area contributed by atoms with E-state index in [0.717, 1.165) is 23.8 Å². The van der Waals surface area contributed by atoms with Crippen LogP contribution in [0.15, 0.2) is 58.6 Å². The molecule has 1 saturated heterocycles. The van der Waals surface area contributed by atoms with Crippen LogP contribution in [-0.2, 0) is 39.3 Å². The van der Waals surface area contributed by atoms with Gasteiger partial charge in [-0.2, -0.15) is 0 Å². The van der Waals surface area contributed by atoms with Crippen molar-refractivity contribution >= 4 is 25.9 Å². The van der Waals surface area contributed by atoms with Crippen molar-refractivity contribution in [1.29, 1.82) is 0 Å². The molecule has 248 valence electrons. The van der Waals surface area contributed by atoms with Gasteiger partial charge in [0.2, 0.25) is 5.75 Å². The number of halogens is 1. The first-order chi connectivity index (χ1) is 21.8. The first kappa shape index (κ1) is 34.4. The Balaban J connectivity index is 1.49. The van der Waals surface area contributed by atoms with Gasteiger partial charge in [-0.1, -0.05) is 12.1 Å². The summed E-state index contributed by atoms with van der Waals surface area (Å²) in [6, 6.07) is 5.32. The van der Waals surface area contributed by atoms with Gasteiger partial charge in [-0.05, 0) is 39.8 Å². The Morgan fingerprint density at radius 3 is 2.63 bits per heavy atom. The van der Waals surface area contributed by atoms with Crippen molar-refractivity contribution in [3.8, 4) is 5.75 Å². The fourth-order valence-corrected chi connectivity index (χ4v) is 5.24. The topological polar surface area (TPSA) is 219 Å². The Hall–Kier alpha value is -4.44. The lowest BCUT2D eigenvalue weighted by Gasteiger charge is -2.28. The smallest absolute Gasteiger partial charge is 0.461 e. The SMILES string of the molecule is CC(C)OC(=O)[C@H](C)Nc1ccccc1O[P+](=O)OC[C@H]1O[C@@H](n2ccc(=O)[nH]c2=O)[C@](C)(F)[C@@H]1OC(=O)[C@@H](N)Cc1cnc[nH]1. The number of benzene rings is 1. The van der Waals surface area contributed by atoms with Crippen molar-refractivity contribution in [1.82, 2.24) is 19.5 Å². The number of esters is 2. The highest BCUT2D eigenvalue weighted by atomic mass is 31.1. The minimum Gasteiger partial charge on any atom is -0.461 e. The fourth-order valence-electron chi connectivity index (χ4n) is 4.60. The number of H-pyrrole nitrogens is 2. The van der Waals surface area contributed by atoms with Gasteiger partial charge in [-0.25, -0.2) is 23.5 Å². The van der Waals surface area contributed by atoms with Crippen LogP contribution in [-0.4, -0.2) is 74.1 Å². The van der Waals surface area contributed by atoms with E-state index in [9.17, 15) is 23.7 Å². The minimum atomic E-state index is -2.93. The van der Waals surface area contributed by atoms with Gasteiger partial charge in [0.15, 0.2) is 18.0 Å². The first-order valence-corrected chi connectivity index (χ1v) is 15.3. The summed E-state index contributed by atoms with van der Waals surface area (Å²) in [7, 11) is -2.93. The molecular weight excluding hydrogens is 630 g/mol. The molecule has 0 aliphatic carbocycles. The molecule has 0 saturated carbocycles. The zero-order chi connectivity index (χ0) is 33.6. The number of aromatic nitrogens is 4. The number of rotatable bonds is 14. The fraction of sp³-hybridized carbons (Fsp3) is 0.464. The highest BCUT2D eigenvalue weighted by Crippen LogP contribution is 2.44. The molecule has 0 amide bonds. The largest absolute Gasteiger partial charge is 0.750 e. The van der Waals surface area contributed by atoms with Crippen molar-refractivity contribution in [2.24, 2.45) is 5.73 Å². The summed E-state index contributed by atoms with van der Waals surface area (Å²) in [5, 5.41) is 2.93. The highest BCUT2D eigenvalue weighted by molar-refractivity contribution is 7.33. The highest BCUT2D eigenvalue weighted by Gasteiger charge is 2.59. The maximum Gasteiger partial charge on any atom is 0.750 e. The average molecular weight is 666 g/mol. The molecule has 1 aliphatic rings. The van der Waals surface area contributed by atoms with Gasteiger partial charge < -0.3 is 30.2 Å². The van der Waals surface area contributed by atoms with Crippen LogP contribution in [0.4, 0.5) is 10.1 Å². The third-order valence-electron chi connectivity index (χ3n) is 6.81. The molecule has 0 radical (unpaired) electrons. The van der Waals surface area contributed by atoms with Gasteiger partial charge in [0, 0.05) is 35.1 Å². The second-order valence-corrected chi connectivity index (χ2v) is 11.8. The van der Waals surface area contributed by atoms with Gasteiger partial charge in [-0.3, -0.25) is 19.1 Å². The van der Waals surface area contributed by atoms with Crippen LogP contribution in [0, 0.1) is 0 Å². The number of hydrogen-bond donors (Lipinski definition) is 4. The number of para-hydroxylation sites is 2. The van der Waals surface area contributed by atoms with Gasteiger partial charge in [-0.15, -0.1) is 4.52 Å². The summed E-state index contributed by atoms with van der Waals surface area (Å²) < 4.78 is 57.4. The van der Waals surface area contributed by atoms with E-state index in [-0.39, 0.29) is 18.3 Å². The van der Waals surface area contributed by atoms with E-state index in [1.54, 1.807) is 39.0 Å². The van der Waals surface area contributed by atoms with Crippen LogP contribution in [0.3, 0.4) is 0 Å². The van der Waals surface area contributed by atoms with E-state index in [0.29, 0.717) is 11.4 Å². The summed E-state index contributed by atoms with van der Waals surface area (Å²) in [4.78, 5) is 58.0. The van der Waals surface area contributed by atoms with Crippen molar-refractivity contribution in [2.45, 2.75) is 76.4 Å². The molecular formula is C28H35FN6O10P+. The Labute approximate surface area is 262 Å². The van der Waals surface area contributed by atoms with Crippen molar-refractivity contribution in [2.75, 3.05) is 11.9 Å². The monoisotopic (exact) mass is 665 g/mol. The van der Waals surface area contributed by atoms with Crippen LogP contribution in [0.1, 0.15) is 39.6 Å². The molecule has 0 spiro atoms. The predicted molar refractivity (Wildman–Crippen MR) is 160 cm³/mol. The molecule has 4 rings (SSSR count). The molecule has 3 heterocycles. The Bertz CT molecular complexity index is 1650. The maximum atomic E-state index is 16.4. The molecule has 0 bridgehead atoms. The summed E-state index contributed by atoms with van der Waals surface area (Å²) in [5.74, 6) is -1.43. The lowest BCUT2D eigenvalue weighted by atomic mass is 9.98. The van der Waals surface area contributed by atoms with E-state index in [4.69, 9.17) is 29.0 Å². The van der Waals surface area contributed by atoms with Crippen LogP contribution in [0.2, 0.25) is 0 Å². The lowest BCUT2D eigenvalue weighted by molar-refractivity contribution is -0.159. The number of carbonyl (C=O) groups excluding carboxylic acids is 2. The van der Waals surface area contributed by atoms with Crippen molar-refractivity contribution < 1.29 is 41.8 Å². The molecule has 46 heavy (non-hydrogen) atoms. The average Bonchev–Trinajstić information content (AvgIpc) is 3.58. The molecule has 7 atom stereocenters. The van der Waals surface area contributed by atoms with E-state index in [1.807, 2.05) is 4.98 Å². The number of hydrogen-bond acceptors (Lipinski definition) is 13. The molecule has 18 heteroatoms. The normalized spacial score (nSPS) is 22.6. The predicted octanol–water partition coefficient (Wildman–Crippen LogP) is 1.87. The summed E-state index contributed by atoms with van der Waals surface area (Å²) >= 11 is 0. The van der Waals surface area contributed by atoms with Gasteiger partial charge in [0.05, 0.1) is 18.1 Å². The standard InChI is InChI=1S/C28H34FN6O10P/c1-15(2)42-24(37)16(3)33-19-7-5-6-8-20(19)45-46(40)41-13-21-23(44-25(38)18(30)11-17-12-31-14-32-17)28(4,29)26(43-21)35-10-9-22(36)34-27(35)39/h5-10,12,14-16,18,21,23,26,33H,11,13,30H2,1-4H3,(H-,31,32,34,36,39)/p+1/t16-,18-,21+,23+,26+,28+/m0/s1. The van der Waals surface area contributed by atoms with Crippen LogP contribution in [0.25, 0.3) is 0 Å². The van der Waals surface area contributed by atoms with Crippen LogP contribution in [0.5, 0.6) is 5.75 Å². The third kappa shape index (κ3) is 8.42. The zero-order valence-electron chi connectivity index (χ0n) is 25.4. The van der Waals surface area contributed by atoms with Gasteiger partial charge in [0.1, 0.15) is 24.8 Å². The van der Waals surface area contributed by atoms with Crippen LogP contribution < -0.4 is 26.8 Å².